The van der Waals surface area contributed by atoms with Crippen LogP contribution in [0.4, 0.5) is 4.39 Å². The Hall–Kier alpha value is -0.680. The maximum absolute atomic E-state index is 15.2. The fourth-order valence-corrected chi connectivity index (χ4v) is 6.78. The molecule has 5 heteroatoms. The molecule has 5 fully saturated rings. The molecule has 0 aromatic rings. The maximum atomic E-state index is 15.2. The van der Waals surface area contributed by atoms with E-state index in [-0.39, 0.29) is 12.0 Å². The fourth-order valence-electron chi connectivity index (χ4n) is 6.78. The van der Waals surface area contributed by atoms with Gasteiger partial charge in [-0.05, 0) is 63.7 Å². The van der Waals surface area contributed by atoms with Crippen molar-refractivity contribution in [3.05, 3.63) is 0 Å². The molecule has 4 nitrogen and oxygen atoms in total. The summed E-state index contributed by atoms with van der Waals surface area (Å²) in [6.07, 6.45) is 5.46. The van der Waals surface area contributed by atoms with Crippen molar-refractivity contribution < 1.29 is 14.3 Å². The fraction of sp³-hybridized carbons (Fsp3) is 0.950. The van der Waals surface area contributed by atoms with Gasteiger partial charge in [-0.2, -0.15) is 0 Å². The molecule has 0 spiro atoms. The number of hydrogen-bond donors (Lipinski definition) is 1. The smallest absolute Gasteiger partial charge is 0.229 e. The molecule has 1 N–H and O–H groups in total. The summed E-state index contributed by atoms with van der Waals surface area (Å²) in [5.74, 6) is 1.08. The number of amides is 1. The van der Waals surface area contributed by atoms with Crippen LogP contribution in [0.1, 0.15) is 58.8 Å². The molecule has 1 saturated heterocycles. The first-order valence-electron chi connectivity index (χ1n) is 10.2. The third-order valence-electron chi connectivity index (χ3n) is 7.31. The highest BCUT2D eigenvalue weighted by molar-refractivity contribution is 5.83. The highest BCUT2D eigenvalue weighted by Crippen LogP contribution is 2.63. The van der Waals surface area contributed by atoms with Gasteiger partial charge in [-0.15, -0.1) is 0 Å². The van der Waals surface area contributed by atoms with Crippen molar-refractivity contribution in [3.63, 3.8) is 0 Å². The first kappa shape index (κ1) is 17.7. The molecule has 5 aliphatic rings. The molecule has 4 aliphatic carbocycles. The number of rotatable bonds is 4. The van der Waals surface area contributed by atoms with Crippen LogP contribution in [0, 0.1) is 17.3 Å². The van der Waals surface area contributed by atoms with Gasteiger partial charge in [0.25, 0.3) is 0 Å². The number of alkyl halides is 1. The zero-order valence-electron chi connectivity index (χ0n) is 15.7. The van der Waals surface area contributed by atoms with E-state index < -0.39 is 11.1 Å². The molecule has 1 amide bonds. The van der Waals surface area contributed by atoms with Crippen LogP contribution >= 0.6 is 0 Å². The second-order valence-electron chi connectivity index (χ2n) is 9.55. The van der Waals surface area contributed by atoms with Crippen LogP contribution in [0.2, 0.25) is 0 Å². The average Bonchev–Trinajstić information content (AvgIpc) is 2.51. The summed E-state index contributed by atoms with van der Waals surface area (Å²) < 4.78 is 15.2. The minimum absolute atomic E-state index is 0.235. The van der Waals surface area contributed by atoms with Gasteiger partial charge in [0, 0.05) is 32.2 Å². The molecule has 0 radical (unpaired) electrons. The molecular weight excluding hydrogens is 319 g/mol. The number of aliphatic hydroxyl groups excluding tert-OH is 1. The lowest BCUT2D eigenvalue weighted by atomic mass is 9.48. The minimum Gasteiger partial charge on any atom is -0.392 e. The van der Waals surface area contributed by atoms with Gasteiger partial charge < -0.3 is 10.0 Å². The van der Waals surface area contributed by atoms with Gasteiger partial charge in [0.1, 0.15) is 5.67 Å². The van der Waals surface area contributed by atoms with E-state index in [4.69, 9.17) is 0 Å². The van der Waals surface area contributed by atoms with Gasteiger partial charge in [0.05, 0.1) is 11.5 Å². The predicted molar refractivity (Wildman–Crippen MR) is 94.9 cm³/mol. The van der Waals surface area contributed by atoms with Gasteiger partial charge >= 0.3 is 0 Å². The molecule has 25 heavy (non-hydrogen) atoms. The third kappa shape index (κ3) is 3.12. The van der Waals surface area contributed by atoms with Crippen molar-refractivity contribution in [2.45, 2.75) is 76.6 Å². The molecule has 0 unspecified atom stereocenters. The van der Waals surface area contributed by atoms with Crippen molar-refractivity contribution in [1.29, 1.82) is 0 Å². The number of aliphatic hydroxyl groups is 1. The van der Waals surface area contributed by atoms with Gasteiger partial charge in [-0.25, -0.2) is 4.39 Å². The van der Waals surface area contributed by atoms with Crippen LogP contribution in [0.15, 0.2) is 0 Å². The Bertz CT molecular complexity index is 524. The molecule has 5 rings (SSSR count). The lowest BCUT2D eigenvalue weighted by molar-refractivity contribution is -0.173. The zero-order chi connectivity index (χ0) is 17.8. The minimum atomic E-state index is -1.07. The molecule has 142 valence electrons. The topological polar surface area (TPSA) is 43.8 Å². The van der Waals surface area contributed by atoms with Crippen LogP contribution in [-0.4, -0.2) is 64.8 Å². The van der Waals surface area contributed by atoms with Crippen molar-refractivity contribution in [2.24, 2.45) is 17.3 Å². The Morgan fingerprint density at radius 3 is 2.48 bits per heavy atom. The third-order valence-corrected chi connectivity index (χ3v) is 7.31. The molecular formula is C20H33FN2O2. The lowest BCUT2D eigenvalue weighted by Crippen LogP contribution is -2.63. The van der Waals surface area contributed by atoms with Gasteiger partial charge in [-0.1, -0.05) is 6.92 Å². The summed E-state index contributed by atoms with van der Waals surface area (Å²) >= 11 is 0. The molecule has 1 aliphatic heterocycles. The average molecular weight is 352 g/mol. The molecule has 0 aromatic heterocycles. The van der Waals surface area contributed by atoms with Crippen molar-refractivity contribution in [2.75, 3.05) is 26.2 Å². The number of piperazine rings is 1. The predicted octanol–water partition coefficient (Wildman–Crippen LogP) is 2.60. The second kappa shape index (κ2) is 6.19. The quantitative estimate of drug-likeness (QED) is 0.846. The summed E-state index contributed by atoms with van der Waals surface area (Å²) in [7, 11) is 0. The Morgan fingerprint density at radius 1 is 1.24 bits per heavy atom. The van der Waals surface area contributed by atoms with E-state index in [0.29, 0.717) is 43.7 Å². The number of halogens is 1. The zero-order valence-corrected chi connectivity index (χ0v) is 15.7. The highest BCUT2D eigenvalue weighted by Gasteiger charge is 2.62. The summed E-state index contributed by atoms with van der Waals surface area (Å²) in [6.45, 7) is 6.91. The maximum Gasteiger partial charge on any atom is 0.229 e. The number of hydrogen-bond acceptors (Lipinski definition) is 3. The SMILES string of the molecule is CC[C@H]1CN(C(=O)C23C[C@H]4C[C@@H](CC(F)(C4)C2)C3)CCN1C[C@@H](C)O. The molecule has 1 heterocycles. The first-order valence-corrected chi connectivity index (χ1v) is 10.2. The van der Waals surface area contributed by atoms with Crippen LogP contribution in [0.5, 0.6) is 0 Å². The Labute approximate surface area is 150 Å². The Morgan fingerprint density at radius 2 is 1.92 bits per heavy atom. The van der Waals surface area contributed by atoms with Crippen LogP contribution < -0.4 is 0 Å². The molecule has 0 aromatic carbocycles. The Kier molecular flexibility index (Phi) is 4.39. The number of carbonyl (C=O) groups excluding carboxylic acids is 1. The van der Waals surface area contributed by atoms with Gasteiger partial charge in [0.15, 0.2) is 0 Å². The first-order chi connectivity index (χ1) is 11.8. The monoisotopic (exact) mass is 352 g/mol. The van der Waals surface area contributed by atoms with Crippen LogP contribution in [-0.2, 0) is 4.79 Å². The van der Waals surface area contributed by atoms with Crippen LogP contribution in [0.25, 0.3) is 0 Å². The van der Waals surface area contributed by atoms with E-state index in [1.807, 2.05) is 11.8 Å². The lowest BCUT2D eigenvalue weighted by Gasteiger charge is -2.59. The summed E-state index contributed by atoms with van der Waals surface area (Å²) in [6, 6.07) is 0.306. The van der Waals surface area contributed by atoms with Crippen LogP contribution in [0.3, 0.4) is 0 Å². The van der Waals surface area contributed by atoms with Gasteiger partial charge in [0.2, 0.25) is 5.91 Å². The largest absolute Gasteiger partial charge is 0.392 e. The van der Waals surface area contributed by atoms with E-state index in [2.05, 4.69) is 11.8 Å². The van der Waals surface area contributed by atoms with E-state index in [1.165, 1.54) is 0 Å². The summed E-state index contributed by atoms with van der Waals surface area (Å²) in [4.78, 5) is 17.8. The summed E-state index contributed by atoms with van der Waals surface area (Å²) in [5.41, 5.74) is -1.48. The summed E-state index contributed by atoms with van der Waals surface area (Å²) in [5, 5.41) is 9.71. The van der Waals surface area contributed by atoms with Crippen molar-refractivity contribution in [1.82, 2.24) is 9.80 Å². The molecule has 4 bridgehead atoms. The van der Waals surface area contributed by atoms with E-state index in [1.54, 1.807) is 0 Å². The normalized spacial score (nSPS) is 45.0. The van der Waals surface area contributed by atoms with Crippen molar-refractivity contribution >= 4 is 5.91 Å². The standard InChI is InChI=1S/C20H33FN2O2/c1-3-17-12-23(5-4-22(17)11-14(2)24)18(25)19-7-15-6-16(8-19)10-20(21,9-15)13-19/h14-17,24H,3-13H2,1-2H3/t14-,15-,16-,17+,19?,20?/m1/s1. The highest BCUT2D eigenvalue weighted by atomic mass is 19.1. The van der Waals surface area contributed by atoms with Crippen molar-refractivity contribution in [3.8, 4) is 0 Å². The molecule has 4 atom stereocenters. The number of β-amino-alcohol motifs (C(OH)–C–C–N with tert-alkyl or cyclic N) is 1. The van der Waals surface area contributed by atoms with E-state index >= 15 is 4.39 Å². The van der Waals surface area contributed by atoms with E-state index in [0.717, 1.165) is 45.3 Å². The second-order valence-corrected chi connectivity index (χ2v) is 9.55. The number of nitrogens with zero attached hydrogens (tertiary/aromatic N) is 2. The Balaban J connectivity index is 1.48. The molecule has 4 saturated carbocycles. The van der Waals surface area contributed by atoms with Gasteiger partial charge in [-0.3, -0.25) is 9.69 Å². The number of carbonyl (C=O) groups is 1. The van der Waals surface area contributed by atoms with E-state index in [9.17, 15) is 9.90 Å².